The first-order valence-electron chi connectivity index (χ1n) is 6.98. The molecule has 0 amide bonds. The fraction of sp³-hybridized carbons (Fsp3) is 0.312. The Labute approximate surface area is 139 Å². The van der Waals surface area contributed by atoms with Crippen molar-refractivity contribution in [3.63, 3.8) is 0 Å². The van der Waals surface area contributed by atoms with Crippen molar-refractivity contribution in [1.29, 1.82) is 0 Å². The van der Waals surface area contributed by atoms with Crippen molar-refractivity contribution < 1.29 is 9.13 Å². The summed E-state index contributed by atoms with van der Waals surface area (Å²) in [5.41, 5.74) is 0.383. The minimum absolute atomic E-state index is 0.0990. The molecule has 0 unspecified atom stereocenters. The van der Waals surface area contributed by atoms with Gasteiger partial charge in [0.05, 0.1) is 18.3 Å². The van der Waals surface area contributed by atoms with E-state index in [0.29, 0.717) is 24.0 Å². The summed E-state index contributed by atoms with van der Waals surface area (Å²) in [7, 11) is 1.65. The summed E-state index contributed by atoms with van der Waals surface area (Å²) in [5, 5.41) is 5.52. The van der Waals surface area contributed by atoms with Gasteiger partial charge in [0.1, 0.15) is 5.82 Å². The predicted molar refractivity (Wildman–Crippen MR) is 93.9 cm³/mol. The van der Waals surface area contributed by atoms with Gasteiger partial charge in [-0.1, -0.05) is 18.2 Å². The standard InChI is InChI=1S/C16H19FN2OS2/c1-12(15-8-5-11-22-15)19(9-10-20-2)16(21)18-14-7-4-3-6-13(14)17/h3-8,11-12H,9-10H2,1-2H3,(H,18,21)/t12-/m0/s1. The number of nitrogens with one attached hydrogen (secondary N) is 1. The van der Waals surface area contributed by atoms with E-state index in [9.17, 15) is 4.39 Å². The maximum atomic E-state index is 13.8. The van der Waals surface area contributed by atoms with Crippen LogP contribution in [0.5, 0.6) is 0 Å². The van der Waals surface area contributed by atoms with Crippen LogP contribution in [0.4, 0.5) is 10.1 Å². The van der Waals surface area contributed by atoms with Crippen LogP contribution in [0, 0.1) is 5.82 Å². The van der Waals surface area contributed by atoms with E-state index in [1.54, 1.807) is 36.6 Å². The quantitative estimate of drug-likeness (QED) is 0.794. The number of thiocarbonyl (C=S) groups is 1. The van der Waals surface area contributed by atoms with Gasteiger partial charge in [-0.05, 0) is 42.7 Å². The molecule has 1 N–H and O–H groups in total. The largest absolute Gasteiger partial charge is 0.383 e. The molecule has 22 heavy (non-hydrogen) atoms. The lowest BCUT2D eigenvalue weighted by molar-refractivity contribution is 0.166. The third-order valence-electron chi connectivity index (χ3n) is 3.34. The number of nitrogens with zero attached hydrogens (tertiary/aromatic N) is 1. The van der Waals surface area contributed by atoms with E-state index < -0.39 is 0 Å². The summed E-state index contributed by atoms with van der Waals surface area (Å²) >= 11 is 7.15. The SMILES string of the molecule is COCCN(C(=S)Nc1ccccc1F)[C@@H](C)c1cccs1. The van der Waals surface area contributed by atoms with E-state index >= 15 is 0 Å². The van der Waals surface area contributed by atoms with Gasteiger partial charge in [-0.25, -0.2) is 4.39 Å². The maximum absolute atomic E-state index is 13.8. The molecule has 2 aromatic rings. The number of hydrogen-bond donors (Lipinski definition) is 1. The number of ether oxygens (including phenoxy) is 1. The molecule has 0 aliphatic rings. The second kappa shape index (κ2) is 8.22. The van der Waals surface area contributed by atoms with Gasteiger partial charge in [0.25, 0.3) is 0 Å². The molecule has 118 valence electrons. The van der Waals surface area contributed by atoms with Crippen LogP contribution in [-0.4, -0.2) is 30.3 Å². The zero-order chi connectivity index (χ0) is 15.9. The zero-order valence-corrected chi connectivity index (χ0v) is 14.2. The zero-order valence-electron chi connectivity index (χ0n) is 12.6. The first-order valence-corrected chi connectivity index (χ1v) is 8.26. The van der Waals surface area contributed by atoms with Crippen molar-refractivity contribution in [3.05, 3.63) is 52.5 Å². The third kappa shape index (κ3) is 4.25. The molecule has 2 rings (SSSR count). The summed E-state index contributed by atoms with van der Waals surface area (Å²) in [6.45, 7) is 3.27. The molecule has 0 saturated carbocycles. The summed E-state index contributed by atoms with van der Waals surface area (Å²) in [6.07, 6.45) is 0. The Morgan fingerprint density at radius 2 is 2.14 bits per heavy atom. The van der Waals surface area contributed by atoms with Crippen molar-refractivity contribution in [2.45, 2.75) is 13.0 Å². The van der Waals surface area contributed by atoms with Crippen LogP contribution in [-0.2, 0) is 4.74 Å². The van der Waals surface area contributed by atoms with Crippen molar-refractivity contribution in [2.24, 2.45) is 0 Å². The molecule has 1 aromatic carbocycles. The summed E-state index contributed by atoms with van der Waals surface area (Å²) in [4.78, 5) is 3.21. The second-order valence-electron chi connectivity index (χ2n) is 4.79. The number of benzene rings is 1. The Bertz CT molecular complexity index is 604. The molecule has 0 bridgehead atoms. The molecular formula is C16H19FN2OS2. The van der Waals surface area contributed by atoms with Gasteiger partial charge in [0, 0.05) is 18.5 Å². The van der Waals surface area contributed by atoms with Gasteiger partial charge in [-0.3, -0.25) is 0 Å². The number of methoxy groups -OCH3 is 1. The molecule has 0 saturated heterocycles. The summed E-state index contributed by atoms with van der Waals surface area (Å²) < 4.78 is 18.9. The fourth-order valence-corrected chi connectivity index (χ4v) is 3.25. The normalized spacial score (nSPS) is 12.0. The number of anilines is 1. The van der Waals surface area contributed by atoms with Crippen LogP contribution in [0.2, 0.25) is 0 Å². The van der Waals surface area contributed by atoms with E-state index in [0.717, 1.165) is 0 Å². The Kier molecular flexibility index (Phi) is 6.30. The Balaban J connectivity index is 2.14. The average molecular weight is 338 g/mol. The van der Waals surface area contributed by atoms with Gasteiger partial charge >= 0.3 is 0 Å². The maximum Gasteiger partial charge on any atom is 0.174 e. The van der Waals surface area contributed by atoms with E-state index in [2.05, 4.69) is 18.3 Å². The molecule has 0 aliphatic heterocycles. The lowest BCUT2D eigenvalue weighted by Crippen LogP contribution is -2.39. The van der Waals surface area contributed by atoms with Gasteiger partial charge in [0.2, 0.25) is 0 Å². The van der Waals surface area contributed by atoms with Crippen LogP contribution in [0.3, 0.4) is 0 Å². The summed E-state index contributed by atoms with van der Waals surface area (Å²) in [6, 6.07) is 10.7. The van der Waals surface area contributed by atoms with Crippen LogP contribution in [0.25, 0.3) is 0 Å². The smallest absolute Gasteiger partial charge is 0.174 e. The van der Waals surface area contributed by atoms with Crippen LogP contribution in [0.15, 0.2) is 41.8 Å². The van der Waals surface area contributed by atoms with E-state index in [1.807, 2.05) is 16.3 Å². The molecule has 6 heteroatoms. The van der Waals surface area contributed by atoms with E-state index in [-0.39, 0.29) is 11.9 Å². The average Bonchev–Trinajstić information content (AvgIpc) is 3.04. The van der Waals surface area contributed by atoms with Gasteiger partial charge < -0.3 is 15.0 Å². The minimum atomic E-state index is -0.319. The number of hydrogen-bond acceptors (Lipinski definition) is 3. The molecule has 1 heterocycles. The monoisotopic (exact) mass is 338 g/mol. The van der Waals surface area contributed by atoms with E-state index in [4.69, 9.17) is 17.0 Å². The Hall–Kier alpha value is -1.50. The highest BCUT2D eigenvalue weighted by Gasteiger charge is 2.20. The molecule has 3 nitrogen and oxygen atoms in total. The first kappa shape index (κ1) is 16.9. The number of halogens is 1. The number of rotatable bonds is 6. The Morgan fingerprint density at radius 1 is 1.36 bits per heavy atom. The van der Waals surface area contributed by atoms with Crippen molar-refractivity contribution in [1.82, 2.24) is 4.90 Å². The van der Waals surface area contributed by atoms with Crippen LogP contribution < -0.4 is 5.32 Å². The van der Waals surface area contributed by atoms with Crippen molar-refractivity contribution in [3.8, 4) is 0 Å². The highest BCUT2D eigenvalue weighted by atomic mass is 32.1. The number of thiophene rings is 1. The topological polar surface area (TPSA) is 24.5 Å². The molecule has 1 atom stereocenters. The Morgan fingerprint density at radius 3 is 2.77 bits per heavy atom. The van der Waals surface area contributed by atoms with Gasteiger partial charge in [0.15, 0.2) is 5.11 Å². The van der Waals surface area contributed by atoms with E-state index in [1.165, 1.54) is 10.9 Å². The fourth-order valence-electron chi connectivity index (χ4n) is 2.09. The lowest BCUT2D eigenvalue weighted by Gasteiger charge is -2.31. The molecule has 1 aromatic heterocycles. The van der Waals surface area contributed by atoms with Gasteiger partial charge in [-0.2, -0.15) is 0 Å². The molecular weight excluding hydrogens is 319 g/mol. The lowest BCUT2D eigenvalue weighted by atomic mass is 10.2. The molecule has 0 radical (unpaired) electrons. The number of para-hydroxylation sites is 1. The third-order valence-corrected chi connectivity index (χ3v) is 4.71. The highest BCUT2D eigenvalue weighted by molar-refractivity contribution is 7.80. The molecule has 0 fully saturated rings. The molecule has 0 spiro atoms. The van der Waals surface area contributed by atoms with Crippen molar-refractivity contribution >= 4 is 34.4 Å². The first-order chi connectivity index (χ1) is 10.6. The van der Waals surface area contributed by atoms with Crippen LogP contribution in [0.1, 0.15) is 17.8 Å². The summed E-state index contributed by atoms with van der Waals surface area (Å²) in [5.74, 6) is -0.319. The van der Waals surface area contributed by atoms with Crippen LogP contribution >= 0.6 is 23.6 Å². The predicted octanol–water partition coefficient (Wildman–Crippen LogP) is 4.29. The minimum Gasteiger partial charge on any atom is -0.383 e. The van der Waals surface area contributed by atoms with Gasteiger partial charge in [-0.15, -0.1) is 11.3 Å². The highest BCUT2D eigenvalue weighted by Crippen LogP contribution is 2.25. The van der Waals surface area contributed by atoms with Crippen molar-refractivity contribution in [2.75, 3.05) is 25.6 Å². The second-order valence-corrected chi connectivity index (χ2v) is 6.15. The molecule has 0 aliphatic carbocycles.